The van der Waals surface area contributed by atoms with E-state index in [2.05, 4.69) is 0 Å². The molecule has 0 aromatic heterocycles. The van der Waals surface area contributed by atoms with Gasteiger partial charge in [0.1, 0.15) is 0 Å². The third kappa shape index (κ3) is 2.87. The van der Waals surface area contributed by atoms with Crippen LogP contribution in [0.3, 0.4) is 0 Å². The number of carbonyl (C=O) groups is 1. The van der Waals surface area contributed by atoms with Crippen LogP contribution < -0.4 is 5.30 Å². The molecule has 1 aromatic carbocycles. The van der Waals surface area contributed by atoms with E-state index in [-0.39, 0.29) is 18.8 Å². The van der Waals surface area contributed by atoms with Gasteiger partial charge in [0.05, 0.1) is 12.7 Å². The normalized spacial score (nSPS) is 15.4. The summed E-state index contributed by atoms with van der Waals surface area (Å²) in [6.07, 6.45) is 0.169. The van der Waals surface area contributed by atoms with Crippen molar-refractivity contribution < 1.29 is 13.9 Å². The highest BCUT2D eigenvalue weighted by Gasteiger charge is 2.40. The van der Waals surface area contributed by atoms with Crippen molar-refractivity contribution in [2.24, 2.45) is 0 Å². The minimum Gasteiger partial charge on any atom is -0.324 e. The first kappa shape index (κ1) is 14.6. The highest BCUT2D eigenvalue weighted by molar-refractivity contribution is 7.68. The number of ketones is 1. The lowest BCUT2D eigenvalue weighted by Gasteiger charge is -2.21. The first-order valence-corrected chi connectivity index (χ1v) is 7.51. The molecule has 0 aliphatic carbocycles. The van der Waals surface area contributed by atoms with Crippen molar-refractivity contribution in [2.45, 2.75) is 25.9 Å². The Balaban J connectivity index is 3.27. The van der Waals surface area contributed by atoms with E-state index >= 15 is 0 Å². The number of Topliss-reactive ketones (excluding diaryl/α,β-unsaturated/α-hetero) is 1. The summed E-state index contributed by atoms with van der Waals surface area (Å²) in [5.41, 5.74) is -1.22. The molecule has 0 N–H and O–H groups in total. The molecule has 1 aromatic rings. The van der Waals surface area contributed by atoms with E-state index in [1.165, 1.54) is 0 Å². The molecule has 4 nitrogen and oxygen atoms in total. The van der Waals surface area contributed by atoms with Crippen LogP contribution >= 0.6 is 7.37 Å². The van der Waals surface area contributed by atoms with Gasteiger partial charge in [-0.2, -0.15) is 5.26 Å². The number of rotatable bonds is 6. The molecule has 0 aliphatic rings. The van der Waals surface area contributed by atoms with Crippen LogP contribution in [0.25, 0.3) is 0 Å². The Morgan fingerprint density at radius 3 is 2.44 bits per heavy atom. The maximum Gasteiger partial charge on any atom is 0.256 e. The van der Waals surface area contributed by atoms with E-state index in [0.717, 1.165) is 0 Å². The molecule has 0 spiro atoms. The van der Waals surface area contributed by atoms with Gasteiger partial charge in [-0.3, -0.25) is 9.36 Å². The van der Waals surface area contributed by atoms with Crippen molar-refractivity contribution in [1.82, 2.24) is 0 Å². The molecule has 2 atom stereocenters. The molecule has 0 radical (unpaired) electrons. The van der Waals surface area contributed by atoms with E-state index < -0.39 is 13.0 Å². The summed E-state index contributed by atoms with van der Waals surface area (Å²) in [5, 5.41) is 9.54. The number of benzene rings is 1. The van der Waals surface area contributed by atoms with Gasteiger partial charge in [0.2, 0.25) is 0 Å². The highest BCUT2D eigenvalue weighted by atomic mass is 31.2. The summed E-state index contributed by atoms with van der Waals surface area (Å²) in [6, 6.07) is 10.3. The van der Waals surface area contributed by atoms with Crippen molar-refractivity contribution >= 4 is 18.5 Å². The van der Waals surface area contributed by atoms with E-state index in [1.807, 2.05) is 6.07 Å². The fourth-order valence-electron chi connectivity index (χ4n) is 1.66. The Labute approximate surface area is 107 Å². The van der Waals surface area contributed by atoms with Crippen molar-refractivity contribution in [2.75, 3.05) is 6.61 Å². The predicted molar refractivity (Wildman–Crippen MR) is 70.0 cm³/mol. The summed E-state index contributed by atoms with van der Waals surface area (Å²) in [4.78, 5) is 11.8. The number of nitrogens with zero attached hydrogens (tertiary/aromatic N) is 1. The molecule has 96 valence electrons. The van der Waals surface area contributed by atoms with Crippen LogP contribution in [0.4, 0.5) is 0 Å². The van der Waals surface area contributed by atoms with Crippen LogP contribution in [-0.2, 0) is 13.9 Å². The van der Waals surface area contributed by atoms with Crippen molar-refractivity contribution in [3.8, 4) is 6.07 Å². The van der Waals surface area contributed by atoms with Gasteiger partial charge in [-0.05, 0) is 19.1 Å². The number of hydrogen-bond acceptors (Lipinski definition) is 4. The van der Waals surface area contributed by atoms with Crippen molar-refractivity contribution in [3.63, 3.8) is 0 Å². The minimum absolute atomic E-state index is 0.169. The lowest BCUT2D eigenvalue weighted by atomic mass is 10.2. The SMILES string of the molecule is CCO[P@@](=O)(c1ccccc1)[C@@H](C#N)C(=O)CC. The van der Waals surface area contributed by atoms with Crippen LogP contribution in [-0.4, -0.2) is 18.0 Å². The molecule has 0 unspecified atom stereocenters. The fourth-order valence-corrected chi connectivity index (χ4v) is 3.94. The summed E-state index contributed by atoms with van der Waals surface area (Å²) in [5.74, 6) is -0.349. The molecule has 0 amide bonds. The molecular weight excluding hydrogens is 249 g/mol. The lowest BCUT2D eigenvalue weighted by molar-refractivity contribution is -0.117. The standard InChI is InChI=1S/C13H16NO3P/c1-3-12(15)13(10-14)18(16,17-4-2)11-8-6-5-7-9-11/h5-9,13H,3-4H2,1-2H3/t13-,18-/m0/s1. The predicted octanol–water partition coefficient (Wildman–Crippen LogP) is 2.50. The van der Waals surface area contributed by atoms with Crippen LogP contribution in [0.15, 0.2) is 30.3 Å². The third-order valence-electron chi connectivity index (χ3n) is 2.55. The zero-order valence-electron chi connectivity index (χ0n) is 10.5. The van der Waals surface area contributed by atoms with Crippen molar-refractivity contribution in [3.05, 3.63) is 30.3 Å². The van der Waals surface area contributed by atoms with E-state index in [0.29, 0.717) is 5.30 Å². The minimum atomic E-state index is -3.47. The first-order valence-electron chi connectivity index (χ1n) is 5.82. The van der Waals surface area contributed by atoms with Gasteiger partial charge in [0.25, 0.3) is 7.37 Å². The average molecular weight is 265 g/mol. The van der Waals surface area contributed by atoms with Gasteiger partial charge in [0, 0.05) is 11.7 Å². The maximum absolute atomic E-state index is 12.9. The summed E-state index contributed by atoms with van der Waals surface area (Å²) in [6.45, 7) is 3.54. The topological polar surface area (TPSA) is 67.2 Å². The quantitative estimate of drug-likeness (QED) is 0.741. The fraction of sp³-hybridized carbons (Fsp3) is 0.385. The van der Waals surface area contributed by atoms with E-state index in [1.54, 1.807) is 44.2 Å². The summed E-state index contributed by atoms with van der Waals surface area (Å²) >= 11 is 0. The molecule has 0 fully saturated rings. The summed E-state index contributed by atoms with van der Waals surface area (Å²) < 4.78 is 18.2. The molecule has 0 heterocycles. The molecule has 5 heteroatoms. The van der Waals surface area contributed by atoms with Gasteiger partial charge < -0.3 is 4.52 Å². The lowest BCUT2D eigenvalue weighted by Crippen LogP contribution is -2.25. The van der Waals surface area contributed by atoms with Gasteiger partial charge >= 0.3 is 0 Å². The average Bonchev–Trinajstić information content (AvgIpc) is 2.40. The Hall–Kier alpha value is -1.43. The first-order chi connectivity index (χ1) is 8.60. The molecule has 18 heavy (non-hydrogen) atoms. The van der Waals surface area contributed by atoms with Gasteiger partial charge in [-0.15, -0.1) is 0 Å². The third-order valence-corrected chi connectivity index (χ3v) is 5.30. The largest absolute Gasteiger partial charge is 0.324 e. The summed E-state index contributed by atoms with van der Waals surface area (Å²) in [7, 11) is -3.47. The van der Waals surface area contributed by atoms with Gasteiger partial charge in [0.15, 0.2) is 11.4 Å². The second-order valence-electron chi connectivity index (χ2n) is 3.70. The highest BCUT2D eigenvalue weighted by Crippen LogP contribution is 2.51. The Morgan fingerprint density at radius 2 is 2.00 bits per heavy atom. The van der Waals surface area contributed by atoms with E-state index in [4.69, 9.17) is 9.79 Å². The molecule has 0 saturated heterocycles. The van der Waals surface area contributed by atoms with Crippen LogP contribution in [0.5, 0.6) is 0 Å². The Morgan fingerprint density at radius 1 is 1.39 bits per heavy atom. The molecular formula is C13H16NO3P. The van der Waals surface area contributed by atoms with Crippen molar-refractivity contribution in [1.29, 1.82) is 5.26 Å². The second-order valence-corrected chi connectivity index (χ2v) is 6.19. The molecule has 0 saturated carbocycles. The molecule has 0 bridgehead atoms. The van der Waals surface area contributed by atoms with Gasteiger partial charge in [-0.25, -0.2) is 0 Å². The monoisotopic (exact) mass is 265 g/mol. The maximum atomic E-state index is 12.9. The smallest absolute Gasteiger partial charge is 0.256 e. The Bertz CT molecular complexity index is 493. The molecule has 1 rings (SSSR count). The van der Waals surface area contributed by atoms with E-state index in [9.17, 15) is 9.36 Å². The number of hydrogen-bond donors (Lipinski definition) is 0. The zero-order chi connectivity index (χ0) is 13.6. The van der Waals surface area contributed by atoms with Gasteiger partial charge in [-0.1, -0.05) is 25.1 Å². The number of carbonyl (C=O) groups excluding carboxylic acids is 1. The van der Waals surface area contributed by atoms with Crippen LogP contribution in [0, 0.1) is 11.3 Å². The van der Waals surface area contributed by atoms with Crippen LogP contribution in [0.1, 0.15) is 20.3 Å². The molecule has 0 aliphatic heterocycles. The zero-order valence-corrected chi connectivity index (χ0v) is 11.4. The number of nitriles is 1. The second kappa shape index (κ2) is 6.49. The van der Waals surface area contributed by atoms with Crippen LogP contribution in [0.2, 0.25) is 0 Å². The Kier molecular flexibility index (Phi) is 5.27.